The van der Waals surface area contributed by atoms with Crippen LogP contribution in [0.1, 0.15) is 78.2 Å². The molecule has 252 valence electrons. The Morgan fingerprint density at radius 1 is 0.977 bits per heavy atom. The Kier molecular flexibility index (Phi) is 11.2. The molecule has 3 fully saturated rings. The predicted molar refractivity (Wildman–Crippen MR) is 176 cm³/mol. The smallest absolute Gasteiger partial charge is 0.214 e. The van der Waals surface area contributed by atoms with Crippen molar-refractivity contribution in [3.05, 3.63) is 29.8 Å². The number of piperazine rings is 1. The number of benzene rings is 1. The summed E-state index contributed by atoms with van der Waals surface area (Å²) in [6.07, 6.45) is 3.66. The van der Waals surface area contributed by atoms with Crippen molar-refractivity contribution < 1.29 is 27.0 Å². The van der Waals surface area contributed by atoms with Crippen molar-refractivity contribution >= 4 is 25.5 Å². The number of para-hydroxylation sites is 1. The molecule has 10 nitrogen and oxygen atoms in total. The standard InChI is InChI=1S/C32H56N4O6S2/c1-7-29(37)36(30(38)8-2)35(17-11-12-22-43(6,39)40)28-23-26-15-16-32(28,31(26,4)5)24-44(41,42)34-20-18-33(19-21-34)27-14-10-9-13-25(27)3/h9-10,13-14,26,28-30,37-38H,7-8,11-12,15-24H2,1-6H3/t26-,28+,29?,30?,32-/m0/s1. The number of nitrogens with zero attached hydrogens (tertiary/aromatic N) is 4. The summed E-state index contributed by atoms with van der Waals surface area (Å²) in [5.74, 6) is 0.412. The van der Waals surface area contributed by atoms with E-state index in [1.807, 2.05) is 26.0 Å². The van der Waals surface area contributed by atoms with E-state index in [0.717, 1.165) is 24.9 Å². The third kappa shape index (κ3) is 7.16. The summed E-state index contributed by atoms with van der Waals surface area (Å²) < 4.78 is 54.0. The van der Waals surface area contributed by atoms with Gasteiger partial charge in [-0.15, -0.1) is 0 Å². The molecular weight excluding hydrogens is 601 g/mol. The van der Waals surface area contributed by atoms with Crippen LogP contribution in [-0.2, 0) is 19.9 Å². The third-order valence-corrected chi connectivity index (χ3v) is 14.1. The van der Waals surface area contributed by atoms with Gasteiger partial charge in [-0.25, -0.2) is 21.8 Å². The van der Waals surface area contributed by atoms with E-state index in [1.54, 1.807) is 9.31 Å². The minimum Gasteiger partial charge on any atom is -0.377 e. The highest BCUT2D eigenvalue weighted by Gasteiger charge is 2.67. The van der Waals surface area contributed by atoms with Crippen LogP contribution in [0.4, 0.5) is 5.69 Å². The van der Waals surface area contributed by atoms with Crippen LogP contribution >= 0.6 is 0 Å². The highest BCUT2D eigenvalue weighted by atomic mass is 32.2. The fourth-order valence-corrected chi connectivity index (χ4v) is 11.3. The lowest BCUT2D eigenvalue weighted by molar-refractivity contribution is -0.246. The molecule has 1 aliphatic heterocycles. The van der Waals surface area contributed by atoms with Gasteiger partial charge in [-0.1, -0.05) is 45.9 Å². The number of hydrogen-bond acceptors (Lipinski definition) is 9. The SMILES string of the molecule is CCC(O)N(C(O)CC)N(CCCCS(C)(=O)=O)[C@@H]1C[C@@H]2CC[C@@]1(CS(=O)(=O)N1CCN(c3ccccc3C)CC1)C2(C)C. The Morgan fingerprint density at radius 2 is 1.59 bits per heavy atom. The molecule has 1 heterocycles. The van der Waals surface area contributed by atoms with Gasteiger partial charge in [0.2, 0.25) is 10.0 Å². The molecule has 2 unspecified atom stereocenters. The van der Waals surface area contributed by atoms with E-state index in [0.29, 0.717) is 64.3 Å². The Labute approximate surface area is 266 Å². The number of rotatable bonds is 15. The maximum absolute atomic E-state index is 14.3. The van der Waals surface area contributed by atoms with Gasteiger partial charge in [-0.3, -0.25) is 0 Å². The van der Waals surface area contributed by atoms with Crippen LogP contribution in [0.25, 0.3) is 0 Å². The quantitative estimate of drug-likeness (QED) is 0.166. The lowest BCUT2D eigenvalue weighted by Gasteiger charge is -2.52. The largest absolute Gasteiger partial charge is 0.377 e. The Balaban J connectivity index is 1.62. The average Bonchev–Trinajstić information content (AvgIpc) is 3.33. The summed E-state index contributed by atoms with van der Waals surface area (Å²) >= 11 is 0. The molecule has 12 heteroatoms. The van der Waals surface area contributed by atoms with Gasteiger partial charge < -0.3 is 15.1 Å². The topological polar surface area (TPSA) is 122 Å². The molecule has 2 bridgehead atoms. The molecule has 0 radical (unpaired) electrons. The van der Waals surface area contributed by atoms with E-state index >= 15 is 0 Å². The van der Waals surface area contributed by atoms with Crippen LogP contribution < -0.4 is 4.90 Å². The van der Waals surface area contributed by atoms with Crippen LogP contribution in [0.3, 0.4) is 0 Å². The highest BCUT2D eigenvalue weighted by molar-refractivity contribution is 7.90. The van der Waals surface area contributed by atoms with Gasteiger partial charge >= 0.3 is 0 Å². The normalized spacial score (nSPS) is 27.4. The first-order valence-electron chi connectivity index (χ1n) is 16.4. The summed E-state index contributed by atoms with van der Waals surface area (Å²) in [5.41, 5.74) is 1.48. The maximum Gasteiger partial charge on any atom is 0.214 e. The lowest BCUT2D eigenvalue weighted by atomic mass is 9.68. The number of aryl methyl sites for hydroxylation is 1. The van der Waals surface area contributed by atoms with Gasteiger partial charge in [0.15, 0.2) is 0 Å². The van der Waals surface area contributed by atoms with Crippen molar-refractivity contribution in [2.45, 2.75) is 98.1 Å². The second-order valence-corrected chi connectivity index (χ2v) is 18.2. The van der Waals surface area contributed by atoms with Gasteiger partial charge in [0.05, 0.1) is 5.75 Å². The fraction of sp³-hybridized carbons (Fsp3) is 0.812. The van der Waals surface area contributed by atoms with E-state index in [9.17, 15) is 27.0 Å². The number of sulfone groups is 1. The number of aliphatic hydroxyl groups excluding tert-OH is 2. The first kappa shape index (κ1) is 35.6. The minimum atomic E-state index is -3.63. The van der Waals surface area contributed by atoms with E-state index < -0.39 is 37.7 Å². The molecule has 0 aromatic heterocycles. The molecule has 44 heavy (non-hydrogen) atoms. The van der Waals surface area contributed by atoms with Crippen molar-refractivity contribution in [3.63, 3.8) is 0 Å². The van der Waals surface area contributed by atoms with Crippen LogP contribution in [-0.4, -0.2) is 110 Å². The fourth-order valence-electron chi connectivity index (χ4n) is 8.31. The van der Waals surface area contributed by atoms with Crippen molar-refractivity contribution in [1.82, 2.24) is 14.3 Å². The van der Waals surface area contributed by atoms with Crippen molar-refractivity contribution in [1.29, 1.82) is 0 Å². The van der Waals surface area contributed by atoms with Crippen LogP contribution in [0.2, 0.25) is 0 Å². The zero-order chi connectivity index (χ0) is 32.5. The Bertz CT molecular complexity index is 1320. The second kappa shape index (κ2) is 13.8. The first-order chi connectivity index (χ1) is 20.6. The van der Waals surface area contributed by atoms with Crippen LogP contribution in [0.5, 0.6) is 0 Å². The molecule has 0 spiro atoms. The Morgan fingerprint density at radius 3 is 2.14 bits per heavy atom. The van der Waals surface area contributed by atoms with E-state index in [4.69, 9.17) is 0 Å². The Hall–Kier alpha value is -1.28. The molecule has 3 aliphatic rings. The van der Waals surface area contributed by atoms with E-state index in [2.05, 4.69) is 42.8 Å². The van der Waals surface area contributed by atoms with Gasteiger partial charge in [-0.2, -0.15) is 9.31 Å². The molecule has 1 saturated heterocycles. The molecule has 1 aromatic rings. The maximum atomic E-state index is 14.3. The monoisotopic (exact) mass is 656 g/mol. The number of aliphatic hydroxyl groups is 2. The van der Waals surface area contributed by atoms with Crippen molar-refractivity contribution in [3.8, 4) is 0 Å². The second-order valence-electron chi connectivity index (χ2n) is 14.0. The third-order valence-electron chi connectivity index (χ3n) is 11.1. The van der Waals surface area contributed by atoms with Gasteiger partial charge in [0.1, 0.15) is 22.3 Å². The summed E-state index contributed by atoms with van der Waals surface area (Å²) in [7, 11) is -6.75. The van der Waals surface area contributed by atoms with Crippen molar-refractivity contribution in [2.75, 3.05) is 55.4 Å². The number of hydrogen-bond donors (Lipinski definition) is 2. The molecule has 5 atom stereocenters. The van der Waals surface area contributed by atoms with E-state index in [1.165, 1.54) is 11.8 Å². The molecule has 2 saturated carbocycles. The average molecular weight is 657 g/mol. The minimum absolute atomic E-state index is 0.0245. The molecule has 1 aromatic carbocycles. The zero-order valence-electron chi connectivity index (χ0n) is 27.7. The van der Waals surface area contributed by atoms with Crippen molar-refractivity contribution in [2.24, 2.45) is 16.7 Å². The van der Waals surface area contributed by atoms with E-state index in [-0.39, 0.29) is 23.0 Å². The summed E-state index contributed by atoms with van der Waals surface area (Å²) in [6, 6.07) is 8.00. The molecular formula is C32H56N4O6S2. The summed E-state index contributed by atoms with van der Waals surface area (Å²) in [5, 5.41) is 26.1. The van der Waals surface area contributed by atoms with Crippen LogP contribution in [0.15, 0.2) is 24.3 Å². The molecule has 4 rings (SSSR count). The molecule has 2 aliphatic carbocycles. The van der Waals surface area contributed by atoms with Crippen LogP contribution in [0, 0.1) is 23.7 Å². The summed E-state index contributed by atoms with van der Waals surface area (Å²) in [4.78, 5) is 2.27. The van der Waals surface area contributed by atoms with Gasteiger partial charge in [0, 0.05) is 61.9 Å². The lowest BCUT2D eigenvalue weighted by Crippen LogP contribution is -2.63. The van der Waals surface area contributed by atoms with Gasteiger partial charge in [0.25, 0.3) is 0 Å². The number of unbranched alkanes of at least 4 members (excludes halogenated alkanes) is 1. The predicted octanol–water partition coefficient (Wildman–Crippen LogP) is 3.44. The molecule has 0 amide bonds. The zero-order valence-corrected chi connectivity index (χ0v) is 29.3. The highest BCUT2D eigenvalue weighted by Crippen LogP contribution is 2.67. The molecule has 2 N–H and O–H groups in total. The number of sulfonamides is 1. The first-order valence-corrected chi connectivity index (χ1v) is 20.1. The number of anilines is 1. The number of hydrazine groups is 1. The van der Waals surface area contributed by atoms with Gasteiger partial charge in [-0.05, 0) is 74.8 Å². The number of fused-ring (bicyclic) bond motifs is 2. The summed E-state index contributed by atoms with van der Waals surface area (Å²) in [6.45, 7) is 12.8.